The molecular formula is C23H32N4O2S. The number of aliphatic imine (C=N–C) groups is 1. The molecule has 6 nitrogen and oxygen atoms in total. The number of ether oxygens (including phenoxy) is 1. The minimum absolute atomic E-state index is 0.0632. The fourth-order valence-corrected chi connectivity index (χ4v) is 4.37. The van der Waals surface area contributed by atoms with Gasteiger partial charge in [-0.1, -0.05) is 12.1 Å². The maximum Gasteiger partial charge on any atom is 0.254 e. The van der Waals surface area contributed by atoms with Gasteiger partial charge in [0.1, 0.15) is 0 Å². The van der Waals surface area contributed by atoms with Crippen LogP contribution in [0.4, 0.5) is 0 Å². The van der Waals surface area contributed by atoms with E-state index in [4.69, 9.17) is 4.74 Å². The van der Waals surface area contributed by atoms with Gasteiger partial charge in [-0.25, -0.2) is 4.99 Å². The van der Waals surface area contributed by atoms with E-state index in [1.54, 1.807) is 11.3 Å². The first-order chi connectivity index (χ1) is 14.4. The van der Waals surface area contributed by atoms with Gasteiger partial charge in [0.05, 0.1) is 25.3 Å². The van der Waals surface area contributed by atoms with E-state index in [1.165, 1.54) is 9.75 Å². The van der Waals surface area contributed by atoms with Gasteiger partial charge in [0.15, 0.2) is 5.96 Å². The number of guanidine groups is 1. The first kappa shape index (κ1) is 22.3. The molecule has 2 atom stereocenters. The zero-order chi connectivity index (χ0) is 21.5. The molecule has 1 aromatic carbocycles. The summed E-state index contributed by atoms with van der Waals surface area (Å²) in [6.07, 6.45) is 0.141. The minimum Gasteiger partial charge on any atom is -0.372 e. The SMILES string of the molecule is CCNC(=NCc1ccc(C(=O)N2CC(C)OC(C)C2)cc1)NCc1ccc(C)s1. The number of carbonyl (C=O) groups excluding carboxylic acids is 1. The van der Waals surface area contributed by atoms with E-state index in [9.17, 15) is 4.79 Å². The van der Waals surface area contributed by atoms with Crippen LogP contribution in [0.25, 0.3) is 0 Å². The molecule has 0 bridgehead atoms. The van der Waals surface area contributed by atoms with E-state index in [-0.39, 0.29) is 18.1 Å². The van der Waals surface area contributed by atoms with E-state index in [1.807, 2.05) is 43.0 Å². The molecule has 0 spiro atoms. The van der Waals surface area contributed by atoms with Crippen LogP contribution >= 0.6 is 11.3 Å². The molecule has 1 aliphatic heterocycles. The van der Waals surface area contributed by atoms with Gasteiger partial charge in [-0.3, -0.25) is 4.79 Å². The summed E-state index contributed by atoms with van der Waals surface area (Å²) in [6.45, 7) is 11.6. The molecule has 162 valence electrons. The highest BCUT2D eigenvalue weighted by Gasteiger charge is 2.26. The molecule has 30 heavy (non-hydrogen) atoms. The standard InChI is InChI=1S/C23H32N4O2S/c1-5-24-23(26-13-21-11-6-18(4)30-21)25-12-19-7-9-20(10-8-19)22(28)27-14-16(2)29-17(3)15-27/h6-11,16-17H,5,12-15H2,1-4H3,(H2,24,25,26). The van der Waals surface area contributed by atoms with Crippen LogP contribution in [-0.4, -0.2) is 48.6 Å². The summed E-state index contributed by atoms with van der Waals surface area (Å²) in [6, 6.07) is 12.0. The average molecular weight is 429 g/mol. The predicted molar refractivity (Wildman–Crippen MR) is 123 cm³/mol. The molecule has 1 saturated heterocycles. The highest BCUT2D eigenvalue weighted by molar-refractivity contribution is 7.11. The number of carbonyl (C=O) groups is 1. The summed E-state index contributed by atoms with van der Waals surface area (Å²) in [7, 11) is 0. The van der Waals surface area contributed by atoms with Gasteiger partial charge in [0.2, 0.25) is 0 Å². The number of amides is 1. The fourth-order valence-electron chi connectivity index (χ4n) is 3.54. The molecule has 2 heterocycles. The third kappa shape index (κ3) is 6.31. The van der Waals surface area contributed by atoms with Crippen LogP contribution in [0.15, 0.2) is 41.4 Å². The number of hydrogen-bond donors (Lipinski definition) is 2. The molecule has 1 aliphatic rings. The predicted octanol–water partition coefficient (Wildman–Crippen LogP) is 3.56. The summed E-state index contributed by atoms with van der Waals surface area (Å²) >= 11 is 1.79. The molecule has 1 aromatic heterocycles. The van der Waals surface area contributed by atoms with Crippen LogP contribution in [0.1, 0.15) is 46.4 Å². The Morgan fingerprint density at radius 1 is 1.13 bits per heavy atom. The summed E-state index contributed by atoms with van der Waals surface area (Å²) in [5.41, 5.74) is 1.78. The van der Waals surface area contributed by atoms with E-state index in [2.05, 4.69) is 41.6 Å². The normalized spacial score (nSPS) is 19.6. The van der Waals surface area contributed by atoms with Gasteiger partial charge in [-0.05, 0) is 57.5 Å². The van der Waals surface area contributed by atoms with Crippen molar-refractivity contribution in [2.24, 2.45) is 4.99 Å². The lowest BCUT2D eigenvalue weighted by Gasteiger charge is -2.35. The smallest absolute Gasteiger partial charge is 0.254 e. The fraction of sp³-hybridized carbons (Fsp3) is 0.478. The van der Waals surface area contributed by atoms with Crippen molar-refractivity contribution in [2.45, 2.75) is 53.0 Å². The van der Waals surface area contributed by atoms with Crippen molar-refractivity contribution in [2.75, 3.05) is 19.6 Å². The molecule has 1 amide bonds. The van der Waals surface area contributed by atoms with Crippen molar-refractivity contribution in [1.29, 1.82) is 0 Å². The average Bonchev–Trinajstić information content (AvgIpc) is 3.14. The molecule has 1 fully saturated rings. The van der Waals surface area contributed by atoms with Crippen LogP contribution < -0.4 is 10.6 Å². The maximum atomic E-state index is 12.8. The Morgan fingerprint density at radius 2 is 1.83 bits per heavy atom. The summed E-state index contributed by atoms with van der Waals surface area (Å²) in [5, 5.41) is 6.66. The molecule has 7 heteroatoms. The molecule has 2 unspecified atom stereocenters. The summed E-state index contributed by atoms with van der Waals surface area (Å²) in [4.78, 5) is 22.0. The second-order valence-corrected chi connectivity index (χ2v) is 9.10. The van der Waals surface area contributed by atoms with Gasteiger partial charge in [-0.2, -0.15) is 0 Å². The quantitative estimate of drug-likeness (QED) is 0.545. The lowest BCUT2D eigenvalue weighted by molar-refractivity contribution is -0.0586. The van der Waals surface area contributed by atoms with Crippen molar-refractivity contribution in [1.82, 2.24) is 15.5 Å². The van der Waals surface area contributed by atoms with Crippen molar-refractivity contribution >= 4 is 23.2 Å². The highest BCUT2D eigenvalue weighted by Crippen LogP contribution is 2.16. The van der Waals surface area contributed by atoms with Gasteiger partial charge >= 0.3 is 0 Å². The number of aryl methyl sites for hydroxylation is 1. The van der Waals surface area contributed by atoms with Crippen LogP contribution in [0.3, 0.4) is 0 Å². The number of hydrogen-bond acceptors (Lipinski definition) is 4. The van der Waals surface area contributed by atoms with Gasteiger partial charge in [-0.15, -0.1) is 11.3 Å². The first-order valence-corrected chi connectivity index (χ1v) is 11.4. The van der Waals surface area contributed by atoms with Gasteiger partial charge in [0.25, 0.3) is 5.91 Å². The van der Waals surface area contributed by atoms with E-state index in [0.717, 1.165) is 24.6 Å². The third-order valence-electron chi connectivity index (χ3n) is 4.90. The Hall–Kier alpha value is -2.38. The lowest BCUT2D eigenvalue weighted by Crippen LogP contribution is -2.48. The Kier molecular flexibility index (Phi) is 7.87. The molecule has 0 saturated carbocycles. The molecule has 2 N–H and O–H groups in total. The van der Waals surface area contributed by atoms with Crippen molar-refractivity contribution in [3.05, 3.63) is 57.3 Å². The van der Waals surface area contributed by atoms with Crippen molar-refractivity contribution < 1.29 is 9.53 Å². The van der Waals surface area contributed by atoms with E-state index in [0.29, 0.717) is 25.2 Å². The Bertz CT molecular complexity index is 852. The Balaban J connectivity index is 1.58. The van der Waals surface area contributed by atoms with Crippen LogP contribution in [-0.2, 0) is 17.8 Å². The largest absolute Gasteiger partial charge is 0.372 e. The zero-order valence-corrected chi connectivity index (χ0v) is 19.1. The third-order valence-corrected chi connectivity index (χ3v) is 5.90. The number of nitrogens with zero attached hydrogens (tertiary/aromatic N) is 2. The molecule has 3 rings (SSSR count). The number of benzene rings is 1. The molecule has 0 radical (unpaired) electrons. The zero-order valence-electron chi connectivity index (χ0n) is 18.3. The van der Waals surface area contributed by atoms with Crippen LogP contribution in [0.5, 0.6) is 0 Å². The number of morpholine rings is 1. The lowest BCUT2D eigenvalue weighted by atomic mass is 10.1. The van der Waals surface area contributed by atoms with E-state index >= 15 is 0 Å². The second-order valence-electron chi connectivity index (χ2n) is 7.73. The molecule has 2 aromatic rings. The molecular weight excluding hydrogens is 396 g/mol. The van der Waals surface area contributed by atoms with Gasteiger partial charge in [0, 0.05) is 35.0 Å². The van der Waals surface area contributed by atoms with Crippen molar-refractivity contribution in [3.63, 3.8) is 0 Å². The first-order valence-electron chi connectivity index (χ1n) is 10.6. The Labute approximate surface area is 183 Å². The molecule has 0 aliphatic carbocycles. The number of rotatable bonds is 6. The van der Waals surface area contributed by atoms with Crippen molar-refractivity contribution in [3.8, 4) is 0 Å². The monoisotopic (exact) mass is 428 g/mol. The topological polar surface area (TPSA) is 66.0 Å². The second kappa shape index (κ2) is 10.6. The van der Waals surface area contributed by atoms with Crippen LogP contribution in [0.2, 0.25) is 0 Å². The minimum atomic E-state index is 0.0632. The summed E-state index contributed by atoms with van der Waals surface area (Å²) < 4.78 is 5.73. The van der Waals surface area contributed by atoms with Crippen LogP contribution in [0, 0.1) is 6.92 Å². The number of thiophene rings is 1. The maximum absolute atomic E-state index is 12.8. The number of nitrogens with one attached hydrogen (secondary N) is 2. The van der Waals surface area contributed by atoms with E-state index < -0.39 is 0 Å². The van der Waals surface area contributed by atoms with Gasteiger partial charge < -0.3 is 20.3 Å². The Morgan fingerprint density at radius 3 is 2.43 bits per heavy atom. The summed E-state index contributed by atoms with van der Waals surface area (Å²) in [5.74, 6) is 0.855. The highest BCUT2D eigenvalue weighted by atomic mass is 32.1.